The zero-order valence-electron chi connectivity index (χ0n) is 14.2. The fourth-order valence-electron chi connectivity index (χ4n) is 2.90. The number of aryl methyl sites for hydroxylation is 1. The SMILES string of the molecule is Cc1occc1C(=O)NC1CCN(C(=O)NCc2cccnc2)CC1. The number of aromatic nitrogens is 1. The highest BCUT2D eigenvalue weighted by molar-refractivity contribution is 5.95. The third-order valence-corrected chi connectivity index (χ3v) is 4.39. The predicted octanol–water partition coefficient (Wildman–Crippen LogP) is 2.09. The lowest BCUT2D eigenvalue weighted by Crippen LogP contribution is -2.49. The number of rotatable bonds is 4. The molecule has 1 aliphatic rings. The van der Waals surface area contributed by atoms with Crippen LogP contribution < -0.4 is 10.6 Å². The van der Waals surface area contributed by atoms with E-state index in [4.69, 9.17) is 4.42 Å². The Bertz CT molecular complexity index is 721. The van der Waals surface area contributed by atoms with Gasteiger partial charge in [-0.15, -0.1) is 0 Å². The fraction of sp³-hybridized carbons (Fsp3) is 0.389. The Morgan fingerprint density at radius 2 is 2.12 bits per heavy atom. The van der Waals surface area contributed by atoms with E-state index in [1.807, 2.05) is 12.1 Å². The molecule has 1 fully saturated rings. The molecule has 25 heavy (non-hydrogen) atoms. The van der Waals surface area contributed by atoms with E-state index in [1.54, 1.807) is 30.3 Å². The Kier molecular flexibility index (Phi) is 5.33. The minimum atomic E-state index is -0.120. The van der Waals surface area contributed by atoms with Crippen molar-refractivity contribution in [2.75, 3.05) is 13.1 Å². The number of urea groups is 1. The normalized spacial score (nSPS) is 15.0. The number of hydrogen-bond donors (Lipinski definition) is 2. The first-order valence-corrected chi connectivity index (χ1v) is 8.40. The molecule has 0 radical (unpaired) electrons. The molecule has 0 bridgehead atoms. The first-order chi connectivity index (χ1) is 12.1. The van der Waals surface area contributed by atoms with Gasteiger partial charge in [0.25, 0.3) is 5.91 Å². The van der Waals surface area contributed by atoms with Crippen LogP contribution >= 0.6 is 0 Å². The van der Waals surface area contributed by atoms with E-state index in [0.717, 1.165) is 18.4 Å². The molecule has 3 heterocycles. The van der Waals surface area contributed by atoms with Gasteiger partial charge in [0.15, 0.2) is 0 Å². The zero-order valence-corrected chi connectivity index (χ0v) is 14.2. The van der Waals surface area contributed by atoms with Crippen LogP contribution in [0.5, 0.6) is 0 Å². The third kappa shape index (κ3) is 4.37. The number of carbonyl (C=O) groups is 2. The Morgan fingerprint density at radius 3 is 2.76 bits per heavy atom. The molecule has 1 aliphatic heterocycles. The van der Waals surface area contributed by atoms with Gasteiger partial charge in [-0.05, 0) is 37.5 Å². The Labute approximate surface area is 146 Å². The van der Waals surface area contributed by atoms with E-state index in [-0.39, 0.29) is 18.0 Å². The van der Waals surface area contributed by atoms with Crippen molar-refractivity contribution in [3.05, 3.63) is 53.7 Å². The second-order valence-corrected chi connectivity index (χ2v) is 6.15. The van der Waals surface area contributed by atoms with Gasteiger partial charge in [-0.3, -0.25) is 9.78 Å². The van der Waals surface area contributed by atoms with Crippen molar-refractivity contribution in [2.24, 2.45) is 0 Å². The maximum atomic E-state index is 12.2. The quantitative estimate of drug-likeness (QED) is 0.890. The molecule has 0 unspecified atom stereocenters. The lowest BCUT2D eigenvalue weighted by atomic mass is 10.0. The van der Waals surface area contributed by atoms with Crippen molar-refractivity contribution in [1.29, 1.82) is 0 Å². The van der Waals surface area contributed by atoms with Crippen LogP contribution in [-0.2, 0) is 6.54 Å². The van der Waals surface area contributed by atoms with Crippen molar-refractivity contribution >= 4 is 11.9 Å². The van der Waals surface area contributed by atoms with Gasteiger partial charge in [0.2, 0.25) is 0 Å². The number of nitrogens with zero attached hydrogens (tertiary/aromatic N) is 2. The highest BCUT2D eigenvalue weighted by Crippen LogP contribution is 2.13. The standard InChI is InChI=1S/C18H22N4O3/c1-13-16(6-10-25-13)17(23)21-15-4-8-22(9-5-15)18(24)20-12-14-3-2-7-19-11-14/h2-3,6-7,10-11,15H,4-5,8-9,12H2,1H3,(H,20,24)(H,21,23). The molecule has 132 valence electrons. The highest BCUT2D eigenvalue weighted by atomic mass is 16.3. The van der Waals surface area contributed by atoms with Crippen molar-refractivity contribution < 1.29 is 14.0 Å². The summed E-state index contributed by atoms with van der Waals surface area (Å²) in [5.74, 6) is 0.496. The molecule has 2 aromatic heterocycles. The summed E-state index contributed by atoms with van der Waals surface area (Å²) in [5, 5.41) is 5.92. The summed E-state index contributed by atoms with van der Waals surface area (Å²) in [5.41, 5.74) is 1.53. The number of piperidine rings is 1. The number of likely N-dealkylation sites (tertiary alicyclic amines) is 1. The molecule has 2 aromatic rings. The van der Waals surface area contributed by atoms with Crippen molar-refractivity contribution in [1.82, 2.24) is 20.5 Å². The van der Waals surface area contributed by atoms with Crippen LogP contribution in [0.2, 0.25) is 0 Å². The molecule has 0 atom stereocenters. The fourth-order valence-corrected chi connectivity index (χ4v) is 2.90. The van der Waals surface area contributed by atoms with E-state index in [0.29, 0.717) is 31.0 Å². The van der Waals surface area contributed by atoms with Crippen LogP contribution in [0.4, 0.5) is 4.79 Å². The first-order valence-electron chi connectivity index (χ1n) is 8.40. The number of pyridine rings is 1. The summed E-state index contributed by atoms with van der Waals surface area (Å²) in [4.78, 5) is 30.2. The number of amides is 3. The molecule has 1 saturated heterocycles. The molecule has 2 N–H and O–H groups in total. The number of furan rings is 1. The summed E-state index contributed by atoms with van der Waals surface area (Å²) in [6.07, 6.45) is 6.43. The largest absolute Gasteiger partial charge is 0.469 e. The second kappa shape index (κ2) is 7.83. The smallest absolute Gasteiger partial charge is 0.317 e. The van der Waals surface area contributed by atoms with Crippen LogP contribution in [0, 0.1) is 6.92 Å². The average molecular weight is 342 g/mol. The number of carbonyl (C=O) groups excluding carboxylic acids is 2. The molecule has 0 saturated carbocycles. The first kappa shape index (κ1) is 17.0. The molecule has 0 aromatic carbocycles. The van der Waals surface area contributed by atoms with E-state index in [1.165, 1.54) is 6.26 Å². The molecule has 3 amide bonds. The molecular formula is C18H22N4O3. The summed E-state index contributed by atoms with van der Waals surface area (Å²) in [6.45, 7) is 3.47. The van der Waals surface area contributed by atoms with Gasteiger partial charge < -0.3 is 20.0 Å². The second-order valence-electron chi connectivity index (χ2n) is 6.15. The van der Waals surface area contributed by atoms with Crippen LogP contribution in [-0.4, -0.2) is 41.0 Å². The molecular weight excluding hydrogens is 320 g/mol. The van der Waals surface area contributed by atoms with Gasteiger partial charge >= 0.3 is 6.03 Å². The molecule has 0 aliphatic carbocycles. The molecule has 7 nitrogen and oxygen atoms in total. The van der Waals surface area contributed by atoms with E-state index in [2.05, 4.69) is 15.6 Å². The average Bonchev–Trinajstić information content (AvgIpc) is 3.07. The lowest BCUT2D eigenvalue weighted by Gasteiger charge is -2.32. The van der Waals surface area contributed by atoms with E-state index >= 15 is 0 Å². The molecule has 3 rings (SSSR count). The van der Waals surface area contributed by atoms with Gasteiger partial charge in [-0.1, -0.05) is 6.07 Å². The van der Waals surface area contributed by atoms with Crippen LogP contribution in [0.3, 0.4) is 0 Å². The van der Waals surface area contributed by atoms with Gasteiger partial charge in [0.1, 0.15) is 5.76 Å². The van der Waals surface area contributed by atoms with E-state index < -0.39 is 0 Å². The molecule has 0 spiro atoms. The predicted molar refractivity (Wildman–Crippen MR) is 92.0 cm³/mol. The maximum Gasteiger partial charge on any atom is 0.317 e. The third-order valence-electron chi connectivity index (χ3n) is 4.39. The lowest BCUT2D eigenvalue weighted by molar-refractivity contribution is 0.0916. The minimum Gasteiger partial charge on any atom is -0.469 e. The zero-order chi connectivity index (χ0) is 17.6. The number of nitrogens with one attached hydrogen (secondary N) is 2. The van der Waals surface area contributed by atoms with E-state index in [9.17, 15) is 9.59 Å². The van der Waals surface area contributed by atoms with Gasteiger partial charge in [-0.25, -0.2) is 4.79 Å². The Hall–Kier alpha value is -2.83. The van der Waals surface area contributed by atoms with Gasteiger partial charge in [0, 0.05) is 38.1 Å². The summed E-state index contributed by atoms with van der Waals surface area (Å²) in [7, 11) is 0. The molecule has 7 heteroatoms. The van der Waals surface area contributed by atoms with Crippen molar-refractivity contribution in [3.8, 4) is 0 Å². The summed E-state index contributed by atoms with van der Waals surface area (Å²) in [6, 6.07) is 5.43. The maximum absolute atomic E-state index is 12.2. The van der Waals surface area contributed by atoms with Gasteiger partial charge in [-0.2, -0.15) is 0 Å². The minimum absolute atomic E-state index is 0.0733. The van der Waals surface area contributed by atoms with Crippen LogP contribution in [0.15, 0.2) is 41.3 Å². The van der Waals surface area contributed by atoms with Gasteiger partial charge in [0.05, 0.1) is 11.8 Å². The Morgan fingerprint density at radius 1 is 1.32 bits per heavy atom. The van der Waals surface area contributed by atoms with Crippen LogP contribution in [0.25, 0.3) is 0 Å². The summed E-state index contributed by atoms with van der Waals surface area (Å²) < 4.78 is 5.16. The number of hydrogen-bond acceptors (Lipinski definition) is 4. The summed E-state index contributed by atoms with van der Waals surface area (Å²) >= 11 is 0. The monoisotopic (exact) mass is 342 g/mol. The Balaban J connectivity index is 1.43. The van der Waals surface area contributed by atoms with Crippen molar-refractivity contribution in [3.63, 3.8) is 0 Å². The van der Waals surface area contributed by atoms with Crippen molar-refractivity contribution in [2.45, 2.75) is 32.4 Å². The van der Waals surface area contributed by atoms with Crippen LogP contribution in [0.1, 0.15) is 34.5 Å². The highest BCUT2D eigenvalue weighted by Gasteiger charge is 2.24. The topological polar surface area (TPSA) is 87.5 Å².